The Labute approximate surface area is 220 Å². The minimum atomic E-state index is -0.411. The molecular formula is C27H29ClFN5OS. The van der Waals surface area contributed by atoms with Crippen molar-refractivity contribution in [3.05, 3.63) is 61.2 Å². The molecule has 1 aliphatic carbocycles. The molecule has 1 aromatic heterocycles. The Morgan fingerprint density at radius 1 is 1.39 bits per heavy atom. The number of rotatable bonds is 4. The lowest BCUT2D eigenvalue weighted by Gasteiger charge is -2.33. The van der Waals surface area contributed by atoms with E-state index in [0.717, 1.165) is 76.7 Å². The quantitative estimate of drug-likeness (QED) is 0.514. The summed E-state index contributed by atoms with van der Waals surface area (Å²) in [5.41, 5.74) is 12.6. The molecular weight excluding hydrogens is 497 g/mol. The summed E-state index contributed by atoms with van der Waals surface area (Å²) in [4.78, 5) is 7.64. The van der Waals surface area contributed by atoms with Gasteiger partial charge in [0.25, 0.3) is 0 Å². The highest BCUT2D eigenvalue weighted by Gasteiger charge is 2.40. The Hall–Kier alpha value is -2.86. The Kier molecular flexibility index (Phi) is 6.82. The van der Waals surface area contributed by atoms with Gasteiger partial charge in [-0.2, -0.15) is 5.26 Å². The first-order valence-electron chi connectivity index (χ1n) is 12.3. The molecule has 4 aliphatic rings. The molecule has 188 valence electrons. The van der Waals surface area contributed by atoms with Crippen LogP contribution in [0, 0.1) is 11.3 Å². The van der Waals surface area contributed by atoms with Gasteiger partial charge in [-0.05, 0) is 49.8 Å². The summed E-state index contributed by atoms with van der Waals surface area (Å²) in [5, 5.41) is 14.3. The van der Waals surface area contributed by atoms with Gasteiger partial charge in [0.05, 0.1) is 28.7 Å². The summed E-state index contributed by atoms with van der Waals surface area (Å²) in [7, 11) is 0. The molecule has 0 spiro atoms. The predicted molar refractivity (Wildman–Crippen MR) is 145 cm³/mol. The number of nitrogens with one attached hydrogen (secondary N) is 1. The molecule has 0 aromatic carbocycles. The maximum absolute atomic E-state index is 15.2. The van der Waals surface area contributed by atoms with Crippen molar-refractivity contribution in [3.8, 4) is 6.07 Å². The highest BCUT2D eigenvalue weighted by Crippen LogP contribution is 2.51. The lowest BCUT2D eigenvalue weighted by Crippen LogP contribution is -2.42. The van der Waals surface area contributed by atoms with Gasteiger partial charge in [-0.15, -0.1) is 11.3 Å². The monoisotopic (exact) mass is 525 g/mol. The molecule has 1 atom stereocenters. The number of thiophene rings is 1. The van der Waals surface area contributed by atoms with Gasteiger partial charge in [0.15, 0.2) is 5.96 Å². The third-order valence-electron chi connectivity index (χ3n) is 7.27. The van der Waals surface area contributed by atoms with E-state index in [1.165, 1.54) is 6.08 Å². The van der Waals surface area contributed by atoms with E-state index in [2.05, 4.69) is 16.3 Å². The SMILES string of the molecule is C/C=C(/F)c1sc(N)c(C#N)c1/C(C1=C(Cl)C2N=C(N3CCCC3)NC=C2C2=C1COC2)=C(\C)CC. The minimum Gasteiger partial charge on any atom is -0.389 e. The topological polar surface area (TPSA) is 86.7 Å². The van der Waals surface area contributed by atoms with Gasteiger partial charge >= 0.3 is 0 Å². The largest absolute Gasteiger partial charge is 0.389 e. The Balaban J connectivity index is 1.76. The van der Waals surface area contributed by atoms with Crippen LogP contribution in [-0.2, 0) is 4.74 Å². The lowest BCUT2D eigenvalue weighted by atomic mass is 9.78. The van der Waals surface area contributed by atoms with E-state index >= 15 is 4.39 Å². The molecule has 1 fully saturated rings. The number of nitrogen functional groups attached to an aromatic ring is 1. The molecule has 0 saturated carbocycles. The van der Waals surface area contributed by atoms with E-state index in [4.69, 9.17) is 27.1 Å². The fourth-order valence-corrected chi connectivity index (χ4v) is 6.65. The van der Waals surface area contributed by atoms with Gasteiger partial charge < -0.3 is 20.7 Å². The van der Waals surface area contributed by atoms with Crippen LogP contribution in [0.25, 0.3) is 11.4 Å². The van der Waals surface area contributed by atoms with Crippen LogP contribution in [0.2, 0.25) is 0 Å². The molecule has 0 bridgehead atoms. The number of allylic oxidation sites excluding steroid dienone is 3. The van der Waals surface area contributed by atoms with E-state index in [1.54, 1.807) is 6.92 Å². The number of guanidine groups is 1. The Morgan fingerprint density at radius 3 is 2.78 bits per heavy atom. The van der Waals surface area contributed by atoms with Crippen LogP contribution in [0.15, 0.2) is 50.2 Å². The number of hydrogen-bond acceptors (Lipinski definition) is 7. The zero-order chi connectivity index (χ0) is 25.6. The third kappa shape index (κ3) is 3.90. The van der Waals surface area contributed by atoms with Crippen LogP contribution < -0.4 is 11.1 Å². The fraction of sp³-hybridized carbons (Fsp3) is 0.407. The number of nitrogens with zero attached hydrogens (tertiary/aromatic N) is 3. The summed E-state index contributed by atoms with van der Waals surface area (Å²) >= 11 is 8.35. The first kappa shape index (κ1) is 24.8. The zero-order valence-corrected chi connectivity index (χ0v) is 22.2. The van der Waals surface area contributed by atoms with Crippen molar-refractivity contribution in [2.75, 3.05) is 32.0 Å². The molecule has 5 rings (SSSR count). The van der Waals surface area contributed by atoms with E-state index in [1.807, 2.05) is 20.0 Å². The molecule has 0 amide bonds. The van der Waals surface area contributed by atoms with Gasteiger partial charge in [-0.3, -0.25) is 0 Å². The Bertz CT molecular complexity index is 1350. The van der Waals surface area contributed by atoms with Crippen LogP contribution in [-0.4, -0.2) is 43.2 Å². The lowest BCUT2D eigenvalue weighted by molar-refractivity contribution is 0.206. The Morgan fingerprint density at radius 2 is 2.11 bits per heavy atom. The zero-order valence-electron chi connectivity index (χ0n) is 20.7. The highest BCUT2D eigenvalue weighted by molar-refractivity contribution is 7.17. The first-order chi connectivity index (χ1) is 17.4. The standard InChI is InChI=1S/C27H29ClFN5OS/c1-4-14(3)20(22-15(10-30)26(31)36-25(22)19(29)5-2)21-18-13-35-12-17(18)16-11-32-27(33-24(16)23(21)28)34-8-6-7-9-34/h5,11,24H,4,6-9,12-13,31H2,1-3H3,(H,32,33)/b19-5+,20-14+. The maximum atomic E-state index is 15.2. The smallest absolute Gasteiger partial charge is 0.198 e. The molecule has 36 heavy (non-hydrogen) atoms. The highest BCUT2D eigenvalue weighted by atomic mass is 35.5. The molecule has 3 N–H and O–H groups in total. The molecule has 6 nitrogen and oxygen atoms in total. The van der Waals surface area contributed by atoms with Crippen LogP contribution in [0.1, 0.15) is 56.0 Å². The van der Waals surface area contributed by atoms with Crippen molar-refractivity contribution in [2.45, 2.75) is 46.1 Å². The second kappa shape index (κ2) is 9.89. The van der Waals surface area contributed by atoms with Gasteiger partial charge in [0.1, 0.15) is 22.9 Å². The number of halogens is 2. The molecule has 1 aromatic rings. The predicted octanol–water partition coefficient (Wildman–Crippen LogP) is 5.86. The van der Waals surface area contributed by atoms with Gasteiger partial charge in [-0.1, -0.05) is 30.2 Å². The molecule has 1 saturated heterocycles. The third-order valence-corrected chi connectivity index (χ3v) is 8.69. The minimum absolute atomic E-state index is 0.278. The van der Waals surface area contributed by atoms with Crippen molar-refractivity contribution >= 4 is 45.3 Å². The number of anilines is 1. The van der Waals surface area contributed by atoms with Crippen molar-refractivity contribution in [2.24, 2.45) is 4.99 Å². The fourth-order valence-electron chi connectivity index (χ4n) is 5.28. The molecule has 3 aliphatic heterocycles. The van der Waals surface area contributed by atoms with Crippen LogP contribution in [0.5, 0.6) is 0 Å². The number of nitrogens with two attached hydrogens (primary N) is 1. The molecule has 9 heteroatoms. The molecule has 1 unspecified atom stereocenters. The number of hydrogen-bond donors (Lipinski definition) is 2. The molecule has 4 heterocycles. The second-order valence-corrected chi connectivity index (χ2v) is 10.7. The van der Waals surface area contributed by atoms with Crippen molar-refractivity contribution in [1.29, 1.82) is 5.26 Å². The maximum Gasteiger partial charge on any atom is 0.198 e. The van der Waals surface area contributed by atoms with Crippen molar-refractivity contribution in [3.63, 3.8) is 0 Å². The van der Waals surface area contributed by atoms with Crippen molar-refractivity contribution in [1.82, 2.24) is 10.2 Å². The second-order valence-electron chi connectivity index (χ2n) is 9.27. The number of fused-ring (bicyclic) bond motifs is 2. The van der Waals surface area contributed by atoms with Crippen molar-refractivity contribution < 1.29 is 9.13 Å². The van der Waals surface area contributed by atoms with E-state index < -0.39 is 11.9 Å². The van der Waals surface area contributed by atoms with Gasteiger partial charge in [0, 0.05) is 36.0 Å². The first-order valence-corrected chi connectivity index (χ1v) is 13.4. The number of likely N-dealkylation sites (tertiary alicyclic amines) is 1. The summed E-state index contributed by atoms with van der Waals surface area (Å²) < 4.78 is 21.1. The van der Waals surface area contributed by atoms with Gasteiger partial charge in [-0.25, -0.2) is 9.38 Å². The van der Waals surface area contributed by atoms with E-state index in [0.29, 0.717) is 40.1 Å². The molecule has 0 radical (unpaired) electrons. The number of aliphatic imine (C=N–C) groups is 1. The summed E-state index contributed by atoms with van der Waals surface area (Å²) in [5.74, 6) is 0.406. The van der Waals surface area contributed by atoms with Crippen LogP contribution in [0.4, 0.5) is 9.39 Å². The van der Waals surface area contributed by atoms with Crippen LogP contribution >= 0.6 is 22.9 Å². The summed E-state index contributed by atoms with van der Waals surface area (Å²) in [6.07, 6.45) is 6.37. The van der Waals surface area contributed by atoms with E-state index in [9.17, 15) is 5.26 Å². The van der Waals surface area contributed by atoms with Gasteiger partial charge in [0.2, 0.25) is 0 Å². The van der Waals surface area contributed by atoms with E-state index in [-0.39, 0.29) is 5.56 Å². The average Bonchev–Trinajstić information content (AvgIpc) is 3.65. The average molecular weight is 526 g/mol. The number of ether oxygens (including phenoxy) is 1. The van der Waals surface area contributed by atoms with Crippen LogP contribution in [0.3, 0.4) is 0 Å². The number of nitriles is 1. The normalized spacial score (nSPS) is 22.6. The summed E-state index contributed by atoms with van der Waals surface area (Å²) in [6, 6.07) is 1.83. The summed E-state index contributed by atoms with van der Waals surface area (Å²) in [6.45, 7) is 8.43.